The summed E-state index contributed by atoms with van der Waals surface area (Å²) >= 11 is 0. The fourth-order valence-corrected chi connectivity index (χ4v) is 5.01. The number of carbonyl (C=O) groups excluding carboxylic acids is 4. The van der Waals surface area contributed by atoms with Gasteiger partial charge >= 0.3 is 12.1 Å². The van der Waals surface area contributed by atoms with Gasteiger partial charge in [0.05, 0.1) is 19.2 Å². The van der Waals surface area contributed by atoms with E-state index in [1.807, 2.05) is 24.8 Å². The van der Waals surface area contributed by atoms with Crippen LogP contribution in [0, 0.1) is 23.7 Å². The van der Waals surface area contributed by atoms with Gasteiger partial charge < -0.3 is 19.7 Å². The van der Waals surface area contributed by atoms with Crippen LogP contribution in [0.4, 0.5) is 4.79 Å². The zero-order valence-electron chi connectivity index (χ0n) is 22.5. The molecule has 1 aliphatic carbocycles. The van der Waals surface area contributed by atoms with Crippen molar-refractivity contribution in [2.45, 2.75) is 65.8 Å². The van der Waals surface area contributed by atoms with E-state index in [9.17, 15) is 19.2 Å². The highest BCUT2D eigenvalue weighted by atomic mass is 16.5. The Morgan fingerprint density at radius 1 is 1.06 bits per heavy atom. The number of esters is 1. The predicted molar refractivity (Wildman–Crippen MR) is 137 cm³/mol. The molecule has 2 amide bonds. The Bertz CT molecular complexity index is 771. The van der Waals surface area contributed by atoms with Crippen LogP contribution < -0.4 is 5.32 Å². The summed E-state index contributed by atoms with van der Waals surface area (Å²) in [4.78, 5) is 52.2. The van der Waals surface area contributed by atoms with Crippen molar-refractivity contribution in [2.24, 2.45) is 23.7 Å². The summed E-state index contributed by atoms with van der Waals surface area (Å²) in [6.45, 7) is 13.4. The number of nitrogens with zero attached hydrogens (tertiary/aromatic N) is 2. The van der Waals surface area contributed by atoms with Crippen molar-refractivity contribution in [1.29, 1.82) is 0 Å². The number of amides is 2. The summed E-state index contributed by atoms with van der Waals surface area (Å²) in [7, 11) is 0. The lowest BCUT2D eigenvalue weighted by atomic mass is 10.1. The van der Waals surface area contributed by atoms with Crippen molar-refractivity contribution in [1.82, 2.24) is 15.1 Å². The number of rotatable bonds is 15. The fourth-order valence-electron chi connectivity index (χ4n) is 5.01. The van der Waals surface area contributed by atoms with Gasteiger partial charge in [-0.25, -0.2) is 4.79 Å². The van der Waals surface area contributed by atoms with Crippen LogP contribution in [0.5, 0.6) is 0 Å². The van der Waals surface area contributed by atoms with Crippen LogP contribution >= 0.6 is 0 Å². The largest absolute Gasteiger partial charge is 0.464 e. The number of carbonyl (C=O) groups is 4. The Labute approximate surface area is 215 Å². The average molecular weight is 508 g/mol. The van der Waals surface area contributed by atoms with Gasteiger partial charge in [0.15, 0.2) is 0 Å². The molecular weight excluding hydrogens is 462 g/mol. The van der Waals surface area contributed by atoms with E-state index in [1.54, 1.807) is 4.90 Å². The summed E-state index contributed by atoms with van der Waals surface area (Å²) in [5.41, 5.74) is 0. The third kappa shape index (κ3) is 9.56. The van der Waals surface area contributed by atoms with Crippen molar-refractivity contribution in [3.05, 3.63) is 12.7 Å². The molecule has 36 heavy (non-hydrogen) atoms. The second-order valence-corrected chi connectivity index (χ2v) is 10.3. The molecule has 0 radical (unpaired) electrons. The van der Waals surface area contributed by atoms with Gasteiger partial charge in [-0.1, -0.05) is 39.7 Å². The molecule has 1 N–H and O–H groups in total. The maximum atomic E-state index is 12.8. The number of piperazine rings is 1. The molecule has 2 rings (SSSR count). The van der Waals surface area contributed by atoms with Crippen molar-refractivity contribution in [2.75, 3.05) is 45.9 Å². The summed E-state index contributed by atoms with van der Waals surface area (Å²) in [6.07, 6.45) is 5.97. The van der Waals surface area contributed by atoms with Crippen LogP contribution in [-0.4, -0.2) is 85.5 Å². The Kier molecular flexibility index (Phi) is 12.4. The molecule has 1 aliphatic heterocycles. The molecule has 0 aromatic carbocycles. The number of hydrogen-bond donors (Lipinski definition) is 1. The summed E-state index contributed by atoms with van der Waals surface area (Å²) < 4.78 is 10.6. The highest BCUT2D eigenvalue weighted by Gasteiger charge is 2.48. The Morgan fingerprint density at radius 2 is 1.78 bits per heavy atom. The lowest BCUT2D eigenvalue weighted by molar-refractivity contribution is -0.145. The number of alkyl carbamates (subject to hydrolysis) is 1. The second kappa shape index (κ2) is 15.0. The van der Waals surface area contributed by atoms with E-state index in [0.717, 1.165) is 25.7 Å². The van der Waals surface area contributed by atoms with Crippen LogP contribution in [-0.2, 0) is 23.9 Å². The highest BCUT2D eigenvalue weighted by molar-refractivity contribution is 5.82. The van der Waals surface area contributed by atoms with Gasteiger partial charge in [-0.2, -0.15) is 0 Å². The molecule has 2 fully saturated rings. The van der Waals surface area contributed by atoms with Crippen molar-refractivity contribution < 1.29 is 28.7 Å². The number of Topliss-reactive ketones (excluding diaryl/α,β-unsaturated/α-hetero) is 1. The van der Waals surface area contributed by atoms with E-state index in [-0.39, 0.29) is 49.8 Å². The standard InChI is InChI=1S/C27H45N3O6/c1-6-8-10-23-22(9-7-2)24(23)18-36-27(34)28-12-11-26(33)30-14-13-29(16-25(32)19(3)4)21(15-30)17-35-20(5)31/h6,19,21-24H,1,7-18H2,2-5H3,(H,28,34)/t21?,22-,23+,24-/m0/s1. The van der Waals surface area contributed by atoms with Crippen molar-refractivity contribution in [3.8, 4) is 0 Å². The quantitative estimate of drug-likeness (QED) is 0.268. The van der Waals surface area contributed by atoms with Crippen LogP contribution in [0.2, 0.25) is 0 Å². The minimum Gasteiger partial charge on any atom is -0.464 e. The first-order valence-electron chi connectivity index (χ1n) is 13.4. The molecule has 0 aromatic rings. The zero-order chi connectivity index (χ0) is 26.7. The third-order valence-electron chi connectivity index (χ3n) is 7.29. The zero-order valence-corrected chi connectivity index (χ0v) is 22.5. The number of ether oxygens (including phenoxy) is 2. The van der Waals surface area contributed by atoms with E-state index >= 15 is 0 Å². The SMILES string of the molecule is C=CCC[C@@H]1[C@H](CCC)[C@@H]1COC(=O)NCCC(=O)N1CCN(CC(=O)C(C)C)C(COC(C)=O)C1. The molecule has 4 atom stereocenters. The molecule has 0 spiro atoms. The topological polar surface area (TPSA) is 105 Å². The fraction of sp³-hybridized carbons (Fsp3) is 0.778. The molecule has 1 saturated carbocycles. The number of hydrogen-bond acceptors (Lipinski definition) is 7. The monoisotopic (exact) mass is 507 g/mol. The first-order chi connectivity index (χ1) is 17.2. The van der Waals surface area contributed by atoms with Gasteiger partial charge in [-0.3, -0.25) is 19.3 Å². The number of ketones is 1. The van der Waals surface area contributed by atoms with Gasteiger partial charge in [-0.05, 0) is 30.6 Å². The second-order valence-electron chi connectivity index (χ2n) is 10.3. The van der Waals surface area contributed by atoms with Crippen molar-refractivity contribution >= 4 is 23.8 Å². The number of allylic oxidation sites excluding steroid dienone is 1. The summed E-state index contributed by atoms with van der Waals surface area (Å²) in [6, 6.07) is -0.240. The minimum absolute atomic E-state index is 0.0830. The van der Waals surface area contributed by atoms with Gasteiger partial charge in [0.2, 0.25) is 5.91 Å². The van der Waals surface area contributed by atoms with Crippen molar-refractivity contribution in [3.63, 3.8) is 0 Å². The maximum Gasteiger partial charge on any atom is 0.407 e. The molecule has 1 heterocycles. The van der Waals surface area contributed by atoms with E-state index in [0.29, 0.717) is 44.0 Å². The molecule has 0 bridgehead atoms. The molecule has 2 aliphatic rings. The predicted octanol–water partition coefficient (Wildman–Crippen LogP) is 3.03. The van der Waals surface area contributed by atoms with E-state index in [4.69, 9.17) is 9.47 Å². The first-order valence-corrected chi connectivity index (χ1v) is 13.4. The normalized spacial score (nSPS) is 23.8. The lowest BCUT2D eigenvalue weighted by Gasteiger charge is -2.41. The van der Waals surface area contributed by atoms with Gasteiger partial charge in [0.25, 0.3) is 0 Å². The van der Waals surface area contributed by atoms with E-state index < -0.39 is 12.1 Å². The van der Waals surface area contributed by atoms with Gasteiger partial charge in [0.1, 0.15) is 12.4 Å². The van der Waals surface area contributed by atoms with Crippen LogP contribution in [0.15, 0.2) is 12.7 Å². The smallest absolute Gasteiger partial charge is 0.407 e. The first kappa shape index (κ1) is 29.8. The van der Waals surface area contributed by atoms with Gasteiger partial charge in [-0.15, -0.1) is 6.58 Å². The molecular formula is C27H45N3O6. The minimum atomic E-state index is -0.489. The molecule has 1 saturated heterocycles. The lowest BCUT2D eigenvalue weighted by Crippen LogP contribution is -2.58. The van der Waals surface area contributed by atoms with E-state index in [2.05, 4.69) is 18.8 Å². The maximum absolute atomic E-state index is 12.8. The highest BCUT2D eigenvalue weighted by Crippen LogP contribution is 2.52. The summed E-state index contributed by atoms with van der Waals surface area (Å²) in [5, 5.41) is 2.69. The molecule has 9 nitrogen and oxygen atoms in total. The van der Waals surface area contributed by atoms with Gasteiger partial charge in [0, 0.05) is 45.4 Å². The molecule has 0 aromatic heterocycles. The van der Waals surface area contributed by atoms with E-state index in [1.165, 1.54) is 6.92 Å². The summed E-state index contributed by atoms with van der Waals surface area (Å²) in [5.74, 6) is 1.20. The average Bonchev–Trinajstić information content (AvgIpc) is 3.50. The molecule has 1 unspecified atom stereocenters. The Hall–Kier alpha value is -2.42. The van der Waals surface area contributed by atoms with Crippen LogP contribution in [0.25, 0.3) is 0 Å². The number of nitrogens with one attached hydrogen (secondary N) is 1. The Balaban J connectivity index is 1.74. The van der Waals surface area contributed by atoms with Crippen LogP contribution in [0.3, 0.4) is 0 Å². The molecule has 204 valence electrons. The molecule has 9 heteroatoms. The Morgan fingerprint density at radius 3 is 2.42 bits per heavy atom. The van der Waals surface area contributed by atoms with Crippen LogP contribution in [0.1, 0.15) is 59.8 Å². The third-order valence-corrected chi connectivity index (χ3v) is 7.29.